The minimum atomic E-state index is -4.81. The number of urea groups is 1. The van der Waals surface area contributed by atoms with Gasteiger partial charge in [0.15, 0.2) is 15.6 Å². The number of benzene rings is 4. The van der Waals surface area contributed by atoms with Gasteiger partial charge in [0.2, 0.25) is 0 Å². The fourth-order valence-corrected chi connectivity index (χ4v) is 5.99. The first-order valence-corrected chi connectivity index (χ1v) is 18.0. The topological polar surface area (TPSA) is 291 Å². The summed E-state index contributed by atoms with van der Waals surface area (Å²) in [6, 6.07) is 13.7. The third-order valence-corrected chi connectivity index (χ3v) is 9.32. The van der Waals surface area contributed by atoms with Gasteiger partial charge in [-0.3, -0.25) is 9.11 Å². The quantitative estimate of drug-likeness (QED) is 0.0415. The van der Waals surface area contributed by atoms with Crippen molar-refractivity contribution >= 4 is 75.6 Å². The number of aromatic hydroxyl groups is 3. The Morgan fingerprint density at radius 2 is 1.47 bits per heavy atom. The number of hydrogen-bond acceptors (Lipinski definition) is 14. The Hall–Kier alpha value is -4.54. The average molecular weight is 789 g/mol. The second kappa shape index (κ2) is 15.8. The number of hydrogen-bond donors (Lipinski definition) is 8. The summed E-state index contributed by atoms with van der Waals surface area (Å²) in [7, 11) is -13.3. The Morgan fingerprint density at radius 1 is 0.755 bits per heavy atom. The Balaban J connectivity index is 0.00000650. The van der Waals surface area contributed by atoms with Crippen LogP contribution >= 0.6 is 0 Å². The van der Waals surface area contributed by atoms with E-state index in [1.807, 2.05) is 0 Å². The molecule has 8 N–H and O–H groups in total. The van der Waals surface area contributed by atoms with Crippen LogP contribution in [-0.2, 0) is 51.6 Å². The molecule has 0 unspecified atom stereocenters. The molecule has 0 heterocycles. The maximum Gasteiger partial charge on any atom is 0.397 e. The van der Waals surface area contributed by atoms with Crippen LogP contribution in [0.3, 0.4) is 0 Å². The first kappa shape index (κ1) is 38.9. The van der Waals surface area contributed by atoms with E-state index < -0.39 is 71.7 Å². The zero-order valence-corrected chi connectivity index (χ0v) is 28.0. The molecule has 4 aromatic carbocycles. The van der Waals surface area contributed by atoms with Gasteiger partial charge in [0.25, 0.3) is 10.1 Å². The van der Waals surface area contributed by atoms with E-state index in [1.165, 1.54) is 42.5 Å². The molecule has 0 aliphatic carbocycles. The Labute approximate surface area is 289 Å². The predicted molar refractivity (Wildman–Crippen MR) is 172 cm³/mol. The van der Waals surface area contributed by atoms with Gasteiger partial charge in [-0.15, -0.1) is 10.2 Å². The Bertz CT molecular complexity index is 2230. The SMILES string of the molecule is O=C(NCCS(=O)(=O)CCOS(=O)(=O)O)Nc1cccc(N=Nc2c(Nc3cc(S(=O)(=O)O)ccc3O)ccc3c(O)cccc23)c1O.[Cu]. The van der Waals surface area contributed by atoms with Crippen molar-refractivity contribution < 1.29 is 75.7 Å². The number of sulfone groups is 1. The van der Waals surface area contributed by atoms with E-state index >= 15 is 0 Å². The minimum absolute atomic E-state index is 0. The van der Waals surface area contributed by atoms with Crippen LogP contribution in [0.25, 0.3) is 10.8 Å². The molecule has 0 aromatic heterocycles. The summed E-state index contributed by atoms with van der Waals surface area (Å²) >= 11 is 0. The molecule has 1 radical (unpaired) electrons. The van der Waals surface area contributed by atoms with Crippen molar-refractivity contribution in [3.05, 3.63) is 66.7 Å². The number of rotatable bonds is 13. The number of phenolic OH excluding ortho intramolecular Hbond substituents is 3. The van der Waals surface area contributed by atoms with Gasteiger partial charge >= 0.3 is 16.4 Å². The molecule has 267 valence electrons. The number of nitrogens with one attached hydrogen (secondary N) is 3. The van der Waals surface area contributed by atoms with Gasteiger partial charge in [0.1, 0.15) is 22.9 Å². The molecule has 2 amide bonds. The number of phenols is 3. The van der Waals surface area contributed by atoms with Crippen LogP contribution in [0.4, 0.5) is 33.2 Å². The van der Waals surface area contributed by atoms with Gasteiger partial charge < -0.3 is 31.3 Å². The van der Waals surface area contributed by atoms with E-state index in [-0.39, 0.29) is 57.0 Å². The summed E-state index contributed by atoms with van der Waals surface area (Å²) in [5.74, 6) is -2.35. The van der Waals surface area contributed by atoms with Gasteiger partial charge in [-0.05, 0) is 48.5 Å². The summed E-state index contributed by atoms with van der Waals surface area (Å²) < 4.78 is 90.3. The van der Waals surface area contributed by atoms with Gasteiger partial charge in [0, 0.05) is 34.4 Å². The largest absolute Gasteiger partial charge is 0.507 e. The van der Waals surface area contributed by atoms with Crippen LogP contribution in [0.5, 0.6) is 17.2 Å². The van der Waals surface area contributed by atoms with E-state index in [0.29, 0.717) is 10.8 Å². The van der Waals surface area contributed by atoms with Gasteiger partial charge in [-0.2, -0.15) is 16.8 Å². The third-order valence-electron chi connectivity index (χ3n) is 6.39. The van der Waals surface area contributed by atoms with Crippen LogP contribution in [0.15, 0.2) is 81.9 Å². The monoisotopic (exact) mass is 788 g/mol. The van der Waals surface area contributed by atoms with Crippen molar-refractivity contribution in [1.82, 2.24) is 5.32 Å². The summed E-state index contributed by atoms with van der Waals surface area (Å²) in [4.78, 5) is 11.9. The maximum atomic E-state index is 12.4. The van der Waals surface area contributed by atoms with Crippen molar-refractivity contribution in [3.63, 3.8) is 0 Å². The molecule has 0 saturated carbocycles. The molecular weight excluding hydrogens is 762 g/mol. The smallest absolute Gasteiger partial charge is 0.397 e. The molecule has 18 nitrogen and oxygen atoms in total. The van der Waals surface area contributed by atoms with E-state index in [2.05, 4.69) is 30.4 Å². The molecule has 0 aliphatic rings. The van der Waals surface area contributed by atoms with E-state index in [4.69, 9.17) is 4.55 Å². The first-order valence-electron chi connectivity index (χ1n) is 13.4. The summed E-state index contributed by atoms with van der Waals surface area (Å²) in [6.45, 7) is -1.21. The van der Waals surface area contributed by atoms with Crippen LogP contribution < -0.4 is 16.0 Å². The molecule has 0 atom stereocenters. The molecule has 4 rings (SSSR count). The number of anilines is 3. The molecule has 49 heavy (non-hydrogen) atoms. The second-order valence-corrected chi connectivity index (χ2v) is 14.6. The molecule has 0 bridgehead atoms. The van der Waals surface area contributed by atoms with Crippen LogP contribution in [0, 0.1) is 0 Å². The van der Waals surface area contributed by atoms with E-state index in [1.54, 1.807) is 6.07 Å². The number of para-hydroxylation sites is 1. The zero-order valence-electron chi connectivity index (χ0n) is 24.6. The van der Waals surface area contributed by atoms with Crippen molar-refractivity contribution in [2.24, 2.45) is 10.2 Å². The number of nitrogens with zero attached hydrogens (tertiary/aromatic N) is 2. The van der Waals surface area contributed by atoms with Crippen molar-refractivity contribution in [3.8, 4) is 17.2 Å². The standard InChI is InChI=1S/C27H27N5O13S3.Cu/c33-23-6-1-3-18-17(23)8-9-19(29-22-15-16(47(39,40)41)7-10-24(22)34)25(18)32-31-21-5-2-4-20(26(21)35)30-27(36)28-11-13-46(37,38)14-12-45-48(42,43)44;/h1-10,15,29,33-35H,11-14H2,(H2,28,30,36)(H,39,40,41)(H,42,43,44);. The molecule has 0 fully saturated rings. The fraction of sp³-hybridized carbons (Fsp3) is 0.148. The van der Waals surface area contributed by atoms with Crippen molar-refractivity contribution in [2.75, 3.05) is 35.3 Å². The van der Waals surface area contributed by atoms with E-state index in [9.17, 15) is 49.9 Å². The Morgan fingerprint density at radius 3 is 2.16 bits per heavy atom. The van der Waals surface area contributed by atoms with Crippen molar-refractivity contribution in [1.29, 1.82) is 0 Å². The Kier molecular flexibility index (Phi) is 12.5. The third kappa shape index (κ3) is 10.7. The summed E-state index contributed by atoms with van der Waals surface area (Å²) in [6.07, 6.45) is 0. The van der Waals surface area contributed by atoms with Crippen LogP contribution in [0.1, 0.15) is 0 Å². The maximum absolute atomic E-state index is 12.4. The summed E-state index contributed by atoms with van der Waals surface area (Å²) in [5.41, 5.74) is -0.186. The normalized spacial score (nSPS) is 12.0. The minimum Gasteiger partial charge on any atom is -0.507 e. The summed E-state index contributed by atoms with van der Waals surface area (Å²) in [5, 5.41) is 47.9. The average Bonchev–Trinajstić information content (AvgIpc) is 2.98. The van der Waals surface area contributed by atoms with Gasteiger partial charge in [0.05, 0.1) is 40.1 Å². The molecule has 22 heteroatoms. The molecule has 0 spiro atoms. The number of azo groups is 1. The molecular formula is C27H27CuN5O13S3. The van der Waals surface area contributed by atoms with Crippen molar-refractivity contribution in [2.45, 2.75) is 4.90 Å². The molecule has 0 aliphatic heterocycles. The van der Waals surface area contributed by atoms with E-state index in [0.717, 1.165) is 18.2 Å². The molecule has 0 saturated heterocycles. The number of carbonyl (C=O) groups excluding carboxylic acids is 1. The number of fused-ring (bicyclic) bond motifs is 1. The number of carbonyl (C=O) groups is 1. The number of amides is 2. The second-order valence-electron chi connectivity index (χ2n) is 9.77. The fourth-order valence-electron chi connectivity index (χ4n) is 4.13. The van der Waals surface area contributed by atoms with Crippen LogP contribution in [0.2, 0.25) is 0 Å². The zero-order chi connectivity index (χ0) is 35.3. The van der Waals surface area contributed by atoms with Gasteiger partial charge in [-0.25, -0.2) is 17.4 Å². The molecule has 4 aromatic rings. The van der Waals surface area contributed by atoms with Crippen LogP contribution in [-0.4, -0.2) is 80.4 Å². The first-order chi connectivity index (χ1) is 22.4. The predicted octanol–water partition coefficient (Wildman–Crippen LogP) is 3.72. The van der Waals surface area contributed by atoms with Gasteiger partial charge in [-0.1, -0.05) is 18.2 Å².